The van der Waals surface area contributed by atoms with Gasteiger partial charge in [0, 0.05) is 29.3 Å². The van der Waals surface area contributed by atoms with Gasteiger partial charge in [0.2, 0.25) is 5.91 Å². The Morgan fingerprint density at radius 1 is 1.11 bits per heavy atom. The zero-order chi connectivity index (χ0) is 18.9. The van der Waals surface area contributed by atoms with Crippen molar-refractivity contribution in [2.24, 2.45) is 0 Å². The highest BCUT2D eigenvalue weighted by Crippen LogP contribution is 2.22. The fraction of sp³-hybridized carbons (Fsp3) is 0.0909. The van der Waals surface area contributed by atoms with Crippen molar-refractivity contribution in [3.8, 4) is 5.75 Å². The molecule has 0 spiro atoms. The van der Waals surface area contributed by atoms with Crippen molar-refractivity contribution in [2.75, 3.05) is 12.4 Å². The molecular formula is C22H20N2O2S. The molecule has 136 valence electrons. The molecule has 27 heavy (non-hydrogen) atoms. The predicted octanol–water partition coefficient (Wildman–Crippen LogP) is 5.03. The molecule has 0 radical (unpaired) electrons. The molecule has 3 aromatic rings. The molecule has 0 atom stereocenters. The largest absolute Gasteiger partial charge is 0.496 e. The van der Waals surface area contributed by atoms with Gasteiger partial charge in [0.05, 0.1) is 12.1 Å². The Balaban J connectivity index is 1.60. The first-order valence-electron chi connectivity index (χ1n) is 8.49. The van der Waals surface area contributed by atoms with Gasteiger partial charge in [0.1, 0.15) is 5.75 Å². The van der Waals surface area contributed by atoms with Gasteiger partial charge in [0.15, 0.2) is 0 Å². The average Bonchev–Trinajstić information content (AvgIpc) is 2.72. The summed E-state index contributed by atoms with van der Waals surface area (Å²) in [7, 11) is 1.61. The lowest BCUT2D eigenvalue weighted by Gasteiger charge is -2.06. The van der Waals surface area contributed by atoms with Crippen LogP contribution < -0.4 is 10.1 Å². The van der Waals surface area contributed by atoms with Crippen molar-refractivity contribution < 1.29 is 9.53 Å². The number of aromatic nitrogens is 1. The summed E-state index contributed by atoms with van der Waals surface area (Å²) in [5.74, 6) is 1.34. The number of anilines is 1. The molecular weight excluding hydrogens is 356 g/mol. The number of hydrogen-bond donors (Lipinski definition) is 1. The summed E-state index contributed by atoms with van der Waals surface area (Å²) >= 11 is 1.66. The van der Waals surface area contributed by atoms with Crippen molar-refractivity contribution in [3.05, 3.63) is 90.1 Å². The number of pyridine rings is 1. The molecule has 1 N–H and O–H groups in total. The van der Waals surface area contributed by atoms with Crippen LogP contribution in [0.1, 0.15) is 11.1 Å². The van der Waals surface area contributed by atoms with Crippen molar-refractivity contribution in [3.63, 3.8) is 0 Å². The standard InChI is InChI=1S/C22H20N2O2S/c1-26-20-10-3-2-8-18(20)12-13-21(25)24-19-9-6-7-17(15-19)16-27-22-11-4-5-14-23-22/h2-15H,16H2,1H3,(H,24,25)/b13-12+. The first-order chi connectivity index (χ1) is 13.2. The summed E-state index contributed by atoms with van der Waals surface area (Å²) in [5, 5.41) is 3.88. The van der Waals surface area contributed by atoms with E-state index in [2.05, 4.69) is 10.3 Å². The first-order valence-corrected chi connectivity index (χ1v) is 9.48. The van der Waals surface area contributed by atoms with E-state index < -0.39 is 0 Å². The maximum absolute atomic E-state index is 12.2. The van der Waals surface area contributed by atoms with Gasteiger partial charge in [-0.3, -0.25) is 4.79 Å². The van der Waals surface area contributed by atoms with Crippen molar-refractivity contribution in [1.82, 2.24) is 4.98 Å². The van der Waals surface area contributed by atoms with Crippen LogP contribution in [0.4, 0.5) is 5.69 Å². The van der Waals surface area contributed by atoms with Crippen LogP contribution in [-0.4, -0.2) is 18.0 Å². The van der Waals surface area contributed by atoms with Crippen molar-refractivity contribution in [2.45, 2.75) is 10.8 Å². The Morgan fingerprint density at radius 2 is 1.96 bits per heavy atom. The topological polar surface area (TPSA) is 51.2 Å². The summed E-state index contributed by atoms with van der Waals surface area (Å²) in [6.45, 7) is 0. The summed E-state index contributed by atoms with van der Waals surface area (Å²) in [4.78, 5) is 16.5. The zero-order valence-corrected chi connectivity index (χ0v) is 15.8. The van der Waals surface area contributed by atoms with Gasteiger partial charge in [-0.1, -0.05) is 36.4 Å². The smallest absolute Gasteiger partial charge is 0.248 e. The van der Waals surface area contributed by atoms with Gasteiger partial charge in [-0.25, -0.2) is 4.98 Å². The Bertz CT molecular complexity index is 926. The molecule has 3 rings (SSSR count). The Kier molecular flexibility index (Phi) is 6.66. The van der Waals surface area contributed by atoms with E-state index in [0.29, 0.717) is 0 Å². The fourth-order valence-corrected chi connectivity index (χ4v) is 3.29. The molecule has 1 amide bonds. The normalized spacial score (nSPS) is 10.7. The minimum absolute atomic E-state index is 0.185. The second kappa shape index (κ2) is 9.59. The molecule has 4 nitrogen and oxygen atoms in total. The summed E-state index contributed by atoms with van der Waals surface area (Å²) < 4.78 is 5.28. The molecule has 1 aromatic heterocycles. The van der Waals surface area contributed by atoms with E-state index in [1.54, 1.807) is 31.1 Å². The summed E-state index contributed by atoms with van der Waals surface area (Å²) in [6.07, 6.45) is 5.04. The predicted molar refractivity (Wildman–Crippen MR) is 111 cm³/mol. The van der Waals surface area contributed by atoms with Crippen LogP contribution in [0.3, 0.4) is 0 Å². The van der Waals surface area contributed by atoms with Crippen LogP contribution in [0.2, 0.25) is 0 Å². The van der Waals surface area contributed by atoms with Gasteiger partial charge in [-0.15, -0.1) is 11.8 Å². The molecule has 0 aliphatic heterocycles. The third-order valence-electron chi connectivity index (χ3n) is 3.77. The molecule has 0 fully saturated rings. The number of nitrogens with one attached hydrogen (secondary N) is 1. The van der Waals surface area contributed by atoms with Crippen LogP contribution in [0.25, 0.3) is 6.08 Å². The number of amides is 1. The maximum atomic E-state index is 12.2. The molecule has 5 heteroatoms. The fourth-order valence-electron chi connectivity index (χ4n) is 2.48. The van der Waals surface area contributed by atoms with Gasteiger partial charge in [0.25, 0.3) is 0 Å². The number of carbonyl (C=O) groups is 1. The number of thioether (sulfide) groups is 1. The van der Waals surface area contributed by atoms with Crippen LogP contribution in [0.15, 0.2) is 84.0 Å². The second-order valence-electron chi connectivity index (χ2n) is 5.72. The maximum Gasteiger partial charge on any atom is 0.248 e. The van der Waals surface area contributed by atoms with Crippen LogP contribution >= 0.6 is 11.8 Å². The highest BCUT2D eigenvalue weighted by Gasteiger charge is 2.03. The minimum atomic E-state index is -0.185. The summed E-state index contributed by atoms with van der Waals surface area (Å²) in [6, 6.07) is 21.3. The number of hydrogen-bond acceptors (Lipinski definition) is 4. The summed E-state index contributed by atoms with van der Waals surface area (Å²) in [5.41, 5.74) is 2.75. The lowest BCUT2D eigenvalue weighted by atomic mass is 10.2. The van der Waals surface area contributed by atoms with Crippen LogP contribution in [0, 0.1) is 0 Å². The number of methoxy groups -OCH3 is 1. The Hall–Kier alpha value is -3.05. The molecule has 0 saturated carbocycles. The number of ether oxygens (including phenoxy) is 1. The molecule has 0 bridgehead atoms. The Labute approximate surface area is 163 Å². The molecule has 2 aromatic carbocycles. The average molecular weight is 376 g/mol. The quantitative estimate of drug-likeness (QED) is 0.464. The molecule has 0 saturated heterocycles. The van der Waals surface area contributed by atoms with Crippen LogP contribution in [-0.2, 0) is 10.5 Å². The van der Waals surface area contributed by atoms with Crippen molar-refractivity contribution >= 4 is 29.4 Å². The molecule has 0 unspecified atom stereocenters. The third-order valence-corrected chi connectivity index (χ3v) is 4.79. The number of para-hydroxylation sites is 1. The first kappa shape index (κ1) is 18.7. The minimum Gasteiger partial charge on any atom is -0.496 e. The van der Waals surface area contributed by atoms with Gasteiger partial charge in [-0.05, 0) is 42.0 Å². The van der Waals surface area contributed by atoms with E-state index >= 15 is 0 Å². The second-order valence-corrected chi connectivity index (χ2v) is 6.72. The molecule has 0 aliphatic carbocycles. The van der Waals surface area contributed by atoms with E-state index in [0.717, 1.165) is 33.3 Å². The van der Waals surface area contributed by atoms with E-state index in [-0.39, 0.29) is 5.91 Å². The van der Waals surface area contributed by atoms with E-state index in [1.807, 2.05) is 66.7 Å². The monoisotopic (exact) mass is 376 g/mol. The van der Waals surface area contributed by atoms with E-state index in [9.17, 15) is 4.79 Å². The highest BCUT2D eigenvalue weighted by atomic mass is 32.2. The number of carbonyl (C=O) groups excluding carboxylic acids is 1. The van der Waals surface area contributed by atoms with Crippen LogP contribution in [0.5, 0.6) is 5.75 Å². The molecule has 1 heterocycles. The molecule has 0 aliphatic rings. The SMILES string of the molecule is COc1ccccc1/C=C/C(=O)Nc1cccc(CSc2ccccn2)c1. The number of rotatable bonds is 7. The van der Waals surface area contributed by atoms with E-state index in [4.69, 9.17) is 4.74 Å². The number of benzene rings is 2. The van der Waals surface area contributed by atoms with Gasteiger partial charge < -0.3 is 10.1 Å². The van der Waals surface area contributed by atoms with Gasteiger partial charge >= 0.3 is 0 Å². The Morgan fingerprint density at radius 3 is 2.78 bits per heavy atom. The lowest BCUT2D eigenvalue weighted by molar-refractivity contribution is -0.111. The zero-order valence-electron chi connectivity index (χ0n) is 15.0. The van der Waals surface area contributed by atoms with Crippen molar-refractivity contribution in [1.29, 1.82) is 0 Å². The van der Waals surface area contributed by atoms with E-state index in [1.165, 1.54) is 6.08 Å². The number of nitrogens with zero attached hydrogens (tertiary/aromatic N) is 1. The third kappa shape index (κ3) is 5.72. The van der Waals surface area contributed by atoms with Gasteiger partial charge in [-0.2, -0.15) is 0 Å². The lowest BCUT2D eigenvalue weighted by Crippen LogP contribution is -2.07. The highest BCUT2D eigenvalue weighted by molar-refractivity contribution is 7.98.